The number of hydrogen-bond donors (Lipinski definition) is 1. The zero-order valence-electron chi connectivity index (χ0n) is 14.3. The number of carbonyl (C=O) groups is 1. The summed E-state index contributed by atoms with van der Waals surface area (Å²) in [7, 11) is 3.85. The van der Waals surface area contributed by atoms with Crippen LogP contribution < -0.4 is 0 Å². The van der Waals surface area contributed by atoms with Gasteiger partial charge in [-0.15, -0.1) is 0 Å². The Kier molecular flexibility index (Phi) is 13.9. The molecule has 1 atom stereocenters. The number of rotatable bonds is 14. The number of carbonyl (C=O) groups excluding carboxylic acids is 1. The molecule has 0 spiro atoms. The summed E-state index contributed by atoms with van der Waals surface area (Å²) in [5.74, 6) is -0.274. The van der Waals surface area contributed by atoms with Gasteiger partial charge in [0, 0.05) is 19.4 Å². The van der Waals surface area contributed by atoms with Crippen LogP contribution in [0.5, 0.6) is 0 Å². The molecule has 0 heterocycles. The highest BCUT2D eigenvalue weighted by Gasteiger charge is 2.10. The Balaban J connectivity index is 3.33. The molecule has 21 heavy (non-hydrogen) atoms. The van der Waals surface area contributed by atoms with Crippen molar-refractivity contribution in [3.05, 3.63) is 0 Å². The molecule has 0 aliphatic rings. The molecule has 0 aromatic rings. The van der Waals surface area contributed by atoms with Crippen LogP contribution in [0.15, 0.2) is 0 Å². The average Bonchev–Trinajstić information content (AvgIpc) is 2.43. The number of hydrogen-bond acceptors (Lipinski definition) is 4. The van der Waals surface area contributed by atoms with Crippen molar-refractivity contribution < 1.29 is 14.6 Å². The van der Waals surface area contributed by atoms with Crippen LogP contribution in [-0.4, -0.2) is 42.9 Å². The molecule has 0 amide bonds. The first-order chi connectivity index (χ1) is 10.1. The van der Waals surface area contributed by atoms with Crippen LogP contribution in [-0.2, 0) is 9.53 Å². The van der Waals surface area contributed by atoms with Crippen molar-refractivity contribution in [3.63, 3.8) is 0 Å². The third kappa shape index (κ3) is 15.6. The Labute approximate surface area is 130 Å². The van der Waals surface area contributed by atoms with E-state index >= 15 is 0 Å². The Morgan fingerprint density at radius 3 is 2.05 bits per heavy atom. The number of aliphatic hydroxyl groups is 1. The van der Waals surface area contributed by atoms with E-state index < -0.39 is 6.29 Å². The minimum absolute atomic E-state index is 0.274. The zero-order valence-corrected chi connectivity index (χ0v) is 14.3. The third-order valence-corrected chi connectivity index (χ3v) is 3.58. The monoisotopic (exact) mass is 301 g/mol. The summed E-state index contributed by atoms with van der Waals surface area (Å²) in [6.45, 7) is 2.95. The Morgan fingerprint density at radius 1 is 1.00 bits per heavy atom. The predicted molar refractivity (Wildman–Crippen MR) is 87.1 cm³/mol. The standard InChI is InChI=1S/C17H35NO3/c1-4-5-6-7-8-9-10-11-12-13-16(19)21-17(20)14-15-18(2)3/h17,20H,4-15H2,1-3H3. The number of nitrogens with zero attached hydrogens (tertiary/aromatic N) is 1. The van der Waals surface area contributed by atoms with Crippen LogP contribution in [0.4, 0.5) is 0 Å². The Morgan fingerprint density at radius 2 is 1.52 bits per heavy atom. The number of aliphatic hydroxyl groups excluding tert-OH is 1. The highest BCUT2D eigenvalue weighted by molar-refractivity contribution is 5.69. The van der Waals surface area contributed by atoms with Crippen molar-refractivity contribution in [3.8, 4) is 0 Å². The molecule has 126 valence electrons. The first kappa shape index (κ1) is 20.4. The maximum atomic E-state index is 11.5. The molecule has 1 N–H and O–H groups in total. The third-order valence-electron chi connectivity index (χ3n) is 3.58. The second kappa shape index (κ2) is 14.3. The highest BCUT2D eigenvalue weighted by Crippen LogP contribution is 2.11. The fourth-order valence-electron chi connectivity index (χ4n) is 2.22. The van der Waals surface area contributed by atoms with Crippen molar-refractivity contribution in [1.29, 1.82) is 0 Å². The van der Waals surface area contributed by atoms with Crippen molar-refractivity contribution in [2.45, 2.75) is 83.8 Å². The largest absolute Gasteiger partial charge is 0.436 e. The summed E-state index contributed by atoms with van der Waals surface area (Å²) in [5.41, 5.74) is 0. The van der Waals surface area contributed by atoms with Crippen molar-refractivity contribution in [2.75, 3.05) is 20.6 Å². The topological polar surface area (TPSA) is 49.8 Å². The van der Waals surface area contributed by atoms with Gasteiger partial charge in [-0.05, 0) is 20.5 Å². The normalized spacial score (nSPS) is 12.6. The summed E-state index contributed by atoms with van der Waals surface area (Å²) in [5, 5.41) is 9.54. The average molecular weight is 301 g/mol. The smallest absolute Gasteiger partial charge is 0.308 e. The lowest BCUT2D eigenvalue weighted by Gasteiger charge is -2.14. The van der Waals surface area contributed by atoms with E-state index in [1.54, 1.807) is 0 Å². The van der Waals surface area contributed by atoms with E-state index in [4.69, 9.17) is 4.74 Å². The Bertz CT molecular complexity index is 244. The van der Waals surface area contributed by atoms with Crippen molar-refractivity contribution in [1.82, 2.24) is 4.90 Å². The molecule has 0 aliphatic heterocycles. The van der Waals surface area contributed by atoms with Crippen LogP contribution in [0.2, 0.25) is 0 Å². The number of unbranched alkanes of at least 4 members (excludes halogenated alkanes) is 8. The van der Waals surface area contributed by atoms with Gasteiger partial charge in [0.15, 0.2) is 0 Å². The van der Waals surface area contributed by atoms with E-state index in [1.165, 1.54) is 44.9 Å². The van der Waals surface area contributed by atoms with Gasteiger partial charge in [-0.25, -0.2) is 0 Å². The minimum atomic E-state index is -0.960. The molecule has 0 saturated heterocycles. The fraction of sp³-hybridized carbons (Fsp3) is 0.941. The van der Waals surface area contributed by atoms with E-state index in [9.17, 15) is 9.90 Å². The predicted octanol–water partition coefficient (Wildman–Crippen LogP) is 3.72. The molecular weight excluding hydrogens is 266 g/mol. The van der Waals surface area contributed by atoms with Crippen LogP contribution in [0, 0.1) is 0 Å². The molecular formula is C17H35NO3. The van der Waals surface area contributed by atoms with Gasteiger partial charge < -0.3 is 14.7 Å². The van der Waals surface area contributed by atoms with Crippen LogP contribution >= 0.6 is 0 Å². The summed E-state index contributed by atoms with van der Waals surface area (Å²) >= 11 is 0. The number of ether oxygens (including phenoxy) is 1. The second-order valence-corrected chi connectivity index (χ2v) is 6.11. The summed E-state index contributed by atoms with van der Waals surface area (Å²) in [4.78, 5) is 13.5. The lowest BCUT2D eigenvalue weighted by molar-refractivity contribution is -0.169. The molecule has 0 saturated carbocycles. The molecule has 0 radical (unpaired) electrons. The highest BCUT2D eigenvalue weighted by atomic mass is 16.6. The van der Waals surface area contributed by atoms with Gasteiger partial charge in [0.1, 0.15) is 0 Å². The van der Waals surface area contributed by atoms with Crippen LogP contribution in [0.25, 0.3) is 0 Å². The SMILES string of the molecule is CCCCCCCCCCCC(=O)OC(O)CCN(C)C. The fourth-order valence-corrected chi connectivity index (χ4v) is 2.22. The molecule has 0 bridgehead atoms. The molecule has 0 aromatic carbocycles. The van der Waals surface area contributed by atoms with Gasteiger partial charge in [0.2, 0.25) is 6.29 Å². The van der Waals surface area contributed by atoms with Crippen molar-refractivity contribution in [2.24, 2.45) is 0 Å². The van der Waals surface area contributed by atoms with Gasteiger partial charge in [-0.2, -0.15) is 0 Å². The van der Waals surface area contributed by atoms with Gasteiger partial charge >= 0.3 is 5.97 Å². The quantitative estimate of drug-likeness (QED) is 0.302. The van der Waals surface area contributed by atoms with Gasteiger partial charge in [-0.3, -0.25) is 4.79 Å². The van der Waals surface area contributed by atoms with Gasteiger partial charge in [0.05, 0.1) is 0 Å². The molecule has 0 fully saturated rings. The zero-order chi connectivity index (χ0) is 15.9. The molecule has 0 rings (SSSR count). The molecule has 1 unspecified atom stereocenters. The van der Waals surface area contributed by atoms with Gasteiger partial charge in [0.25, 0.3) is 0 Å². The maximum Gasteiger partial charge on any atom is 0.308 e. The lowest BCUT2D eigenvalue weighted by Crippen LogP contribution is -2.23. The lowest BCUT2D eigenvalue weighted by atomic mass is 10.1. The first-order valence-corrected chi connectivity index (χ1v) is 8.58. The van der Waals surface area contributed by atoms with E-state index in [0.29, 0.717) is 19.4 Å². The molecule has 0 aliphatic carbocycles. The van der Waals surface area contributed by atoms with Crippen LogP contribution in [0.3, 0.4) is 0 Å². The van der Waals surface area contributed by atoms with E-state index in [2.05, 4.69) is 6.92 Å². The maximum absolute atomic E-state index is 11.5. The summed E-state index contributed by atoms with van der Waals surface area (Å²) in [6, 6.07) is 0. The molecule has 0 aromatic heterocycles. The van der Waals surface area contributed by atoms with Gasteiger partial charge in [-0.1, -0.05) is 58.3 Å². The minimum Gasteiger partial charge on any atom is -0.436 e. The van der Waals surface area contributed by atoms with Crippen molar-refractivity contribution >= 4 is 5.97 Å². The molecule has 4 nitrogen and oxygen atoms in total. The van der Waals surface area contributed by atoms with E-state index in [0.717, 1.165) is 12.8 Å². The van der Waals surface area contributed by atoms with Crippen LogP contribution in [0.1, 0.15) is 77.6 Å². The van der Waals surface area contributed by atoms with E-state index in [-0.39, 0.29) is 5.97 Å². The second-order valence-electron chi connectivity index (χ2n) is 6.11. The summed E-state index contributed by atoms with van der Waals surface area (Å²) in [6.07, 6.45) is 11.0. The first-order valence-electron chi connectivity index (χ1n) is 8.58. The Hall–Kier alpha value is -0.610. The number of esters is 1. The molecule has 4 heteroatoms. The summed E-state index contributed by atoms with van der Waals surface area (Å²) < 4.78 is 4.96. The van der Waals surface area contributed by atoms with E-state index in [1.807, 2.05) is 19.0 Å².